The zero-order valence-electron chi connectivity index (χ0n) is 16.4. The van der Waals surface area contributed by atoms with Gasteiger partial charge in [0, 0.05) is 37.4 Å². The first-order valence-electron chi connectivity index (χ1n) is 9.16. The number of carbonyl (C=O) groups is 1. The lowest BCUT2D eigenvalue weighted by molar-refractivity contribution is 0.0739. The smallest absolute Gasteiger partial charge is 0.274 e. The van der Waals surface area contributed by atoms with E-state index in [4.69, 9.17) is 4.74 Å². The second-order valence-corrected chi connectivity index (χ2v) is 7.66. The van der Waals surface area contributed by atoms with Gasteiger partial charge in [-0.3, -0.25) is 4.79 Å². The van der Waals surface area contributed by atoms with Crippen LogP contribution in [0.25, 0.3) is 0 Å². The van der Waals surface area contributed by atoms with Crippen molar-refractivity contribution in [2.45, 2.75) is 26.3 Å². The maximum Gasteiger partial charge on any atom is 0.274 e. The summed E-state index contributed by atoms with van der Waals surface area (Å²) in [5.74, 6) is 1.44. The Hall–Kier alpha value is -2.83. The summed E-state index contributed by atoms with van der Waals surface area (Å²) < 4.78 is 5.20. The SMILES string of the molecule is COc1ccc(N2CCN(C(=O)c3ccc(NC(C)(C)C)nn3)CC2)cc1. The quantitative estimate of drug-likeness (QED) is 0.893. The van der Waals surface area contributed by atoms with Gasteiger partial charge in [0.15, 0.2) is 5.69 Å². The van der Waals surface area contributed by atoms with Crippen LogP contribution in [0.4, 0.5) is 11.5 Å². The molecular weight excluding hydrogens is 342 g/mol. The zero-order chi connectivity index (χ0) is 19.4. The molecule has 0 radical (unpaired) electrons. The molecule has 1 amide bonds. The minimum absolute atomic E-state index is 0.0702. The number of nitrogens with zero attached hydrogens (tertiary/aromatic N) is 4. The van der Waals surface area contributed by atoms with E-state index in [9.17, 15) is 4.79 Å². The van der Waals surface area contributed by atoms with Crippen LogP contribution >= 0.6 is 0 Å². The molecule has 0 spiro atoms. The molecule has 2 aromatic rings. The van der Waals surface area contributed by atoms with Gasteiger partial charge in [0.2, 0.25) is 0 Å². The van der Waals surface area contributed by atoms with Crippen LogP contribution in [0.15, 0.2) is 36.4 Å². The highest BCUT2D eigenvalue weighted by Crippen LogP contribution is 2.21. The molecule has 0 aliphatic carbocycles. The van der Waals surface area contributed by atoms with E-state index >= 15 is 0 Å². The fourth-order valence-electron chi connectivity index (χ4n) is 3.02. The number of piperazine rings is 1. The number of benzene rings is 1. The molecule has 144 valence electrons. The minimum Gasteiger partial charge on any atom is -0.497 e. The fraction of sp³-hybridized carbons (Fsp3) is 0.450. The molecule has 2 heterocycles. The number of carbonyl (C=O) groups excluding carboxylic acids is 1. The highest BCUT2D eigenvalue weighted by atomic mass is 16.5. The molecule has 1 fully saturated rings. The molecule has 1 aliphatic rings. The molecular formula is C20H27N5O2. The lowest BCUT2D eigenvalue weighted by Gasteiger charge is -2.36. The Bertz CT molecular complexity index is 760. The number of hydrogen-bond donors (Lipinski definition) is 1. The van der Waals surface area contributed by atoms with E-state index in [0.717, 1.165) is 24.5 Å². The van der Waals surface area contributed by atoms with Gasteiger partial charge < -0.3 is 19.9 Å². The van der Waals surface area contributed by atoms with Crippen molar-refractivity contribution in [3.05, 3.63) is 42.1 Å². The first-order chi connectivity index (χ1) is 12.9. The van der Waals surface area contributed by atoms with Crippen molar-refractivity contribution in [3.8, 4) is 5.75 Å². The first kappa shape index (κ1) is 18.9. The van der Waals surface area contributed by atoms with Gasteiger partial charge in [-0.1, -0.05) is 0 Å². The zero-order valence-corrected chi connectivity index (χ0v) is 16.4. The van der Waals surface area contributed by atoms with Gasteiger partial charge in [0.25, 0.3) is 5.91 Å². The van der Waals surface area contributed by atoms with Gasteiger partial charge >= 0.3 is 0 Å². The average molecular weight is 369 g/mol. The third-order valence-electron chi connectivity index (χ3n) is 4.39. The van der Waals surface area contributed by atoms with E-state index in [-0.39, 0.29) is 11.4 Å². The predicted molar refractivity (Wildman–Crippen MR) is 107 cm³/mol. The maximum atomic E-state index is 12.7. The van der Waals surface area contributed by atoms with E-state index in [1.165, 1.54) is 0 Å². The molecule has 3 rings (SSSR count). The Labute approximate surface area is 160 Å². The Morgan fingerprint density at radius 1 is 1.00 bits per heavy atom. The van der Waals surface area contributed by atoms with Crippen LogP contribution in [0.1, 0.15) is 31.3 Å². The standard InChI is InChI=1S/C20H27N5O2/c1-20(2,3)21-18-10-9-17(22-23-18)19(26)25-13-11-24(12-14-25)15-5-7-16(27-4)8-6-15/h5-10H,11-14H2,1-4H3,(H,21,23). The summed E-state index contributed by atoms with van der Waals surface area (Å²) >= 11 is 0. The Morgan fingerprint density at radius 3 is 2.19 bits per heavy atom. The van der Waals surface area contributed by atoms with Gasteiger partial charge in [-0.2, -0.15) is 0 Å². The molecule has 7 nitrogen and oxygen atoms in total. The van der Waals surface area contributed by atoms with E-state index in [1.54, 1.807) is 19.2 Å². The fourth-order valence-corrected chi connectivity index (χ4v) is 3.02. The van der Waals surface area contributed by atoms with Crippen molar-refractivity contribution in [1.29, 1.82) is 0 Å². The monoisotopic (exact) mass is 369 g/mol. The molecule has 0 atom stereocenters. The lowest BCUT2D eigenvalue weighted by atomic mass is 10.1. The number of methoxy groups -OCH3 is 1. The summed E-state index contributed by atoms with van der Waals surface area (Å²) in [6.45, 7) is 9.05. The van der Waals surface area contributed by atoms with Gasteiger partial charge in [-0.15, -0.1) is 10.2 Å². The Morgan fingerprint density at radius 2 is 1.67 bits per heavy atom. The van der Waals surface area contributed by atoms with Gasteiger partial charge in [-0.25, -0.2) is 0 Å². The normalized spacial score (nSPS) is 14.8. The second-order valence-electron chi connectivity index (χ2n) is 7.66. The highest BCUT2D eigenvalue weighted by molar-refractivity contribution is 5.92. The van der Waals surface area contributed by atoms with Crippen LogP contribution in [0.2, 0.25) is 0 Å². The molecule has 0 bridgehead atoms. The summed E-state index contributed by atoms with van der Waals surface area (Å²) in [6.07, 6.45) is 0. The van der Waals surface area contributed by atoms with E-state index < -0.39 is 0 Å². The molecule has 0 saturated carbocycles. The maximum absolute atomic E-state index is 12.7. The number of hydrogen-bond acceptors (Lipinski definition) is 6. The van der Waals surface area contributed by atoms with Crippen molar-refractivity contribution in [2.75, 3.05) is 43.5 Å². The van der Waals surface area contributed by atoms with Crippen molar-refractivity contribution in [1.82, 2.24) is 15.1 Å². The summed E-state index contributed by atoms with van der Waals surface area (Å²) in [6, 6.07) is 11.5. The summed E-state index contributed by atoms with van der Waals surface area (Å²) in [5, 5.41) is 11.5. The summed E-state index contributed by atoms with van der Waals surface area (Å²) in [4.78, 5) is 16.8. The molecule has 1 aromatic heterocycles. The predicted octanol–water partition coefficient (Wildman–Crippen LogP) is 2.66. The van der Waals surface area contributed by atoms with Crippen molar-refractivity contribution < 1.29 is 9.53 Å². The molecule has 1 aromatic carbocycles. The molecule has 0 unspecified atom stereocenters. The van der Waals surface area contributed by atoms with Crippen molar-refractivity contribution >= 4 is 17.4 Å². The van der Waals surface area contributed by atoms with Crippen LogP contribution in [0.3, 0.4) is 0 Å². The number of amides is 1. The van der Waals surface area contributed by atoms with E-state index in [1.807, 2.05) is 29.2 Å². The third kappa shape index (κ3) is 4.87. The number of ether oxygens (including phenoxy) is 1. The third-order valence-corrected chi connectivity index (χ3v) is 4.39. The van der Waals surface area contributed by atoms with E-state index in [0.29, 0.717) is 24.6 Å². The molecule has 1 saturated heterocycles. The van der Waals surface area contributed by atoms with Crippen LogP contribution in [-0.4, -0.2) is 59.8 Å². The van der Waals surface area contributed by atoms with E-state index in [2.05, 4.69) is 41.2 Å². The molecule has 1 N–H and O–H groups in total. The van der Waals surface area contributed by atoms with Gasteiger partial charge in [0.05, 0.1) is 7.11 Å². The number of nitrogens with one attached hydrogen (secondary N) is 1. The van der Waals surface area contributed by atoms with Crippen molar-refractivity contribution in [2.24, 2.45) is 0 Å². The van der Waals surface area contributed by atoms with Crippen molar-refractivity contribution in [3.63, 3.8) is 0 Å². The lowest BCUT2D eigenvalue weighted by Crippen LogP contribution is -2.49. The van der Waals surface area contributed by atoms with Crippen LogP contribution < -0.4 is 15.0 Å². The largest absolute Gasteiger partial charge is 0.497 e. The van der Waals surface area contributed by atoms with Crippen LogP contribution in [0, 0.1) is 0 Å². The summed E-state index contributed by atoms with van der Waals surface area (Å²) in [5.41, 5.74) is 1.42. The molecule has 1 aliphatic heterocycles. The van der Waals surface area contributed by atoms with Crippen LogP contribution in [-0.2, 0) is 0 Å². The van der Waals surface area contributed by atoms with Gasteiger partial charge in [-0.05, 0) is 57.2 Å². The highest BCUT2D eigenvalue weighted by Gasteiger charge is 2.23. The topological polar surface area (TPSA) is 70.6 Å². The number of aromatic nitrogens is 2. The van der Waals surface area contributed by atoms with Crippen LogP contribution in [0.5, 0.6) is 5.75 Å². The molecule has 27 heavy (non-hydrogen) atoms. The summed E-state index contributed by atoms with van der Waals surface area (Å²) in [7, 11) is 1.66. The minimum atomic E-state index is -0.0992. The van der Waals surface area contributed by atoms with Gasteiger partial charge in [0.1, 0.15) is 11.6 Å². The number of anilines is 2. The average Bonchev–Trinajstić information content (AvgIpc) is 2.67. The number of rotatable bonds is 4. The molecule has 7 heteroatoms. The first-order valence-corrected chi connectivity index (χ1v) is 9.16. The Balaban J connectivity index is 1.57. The Kier molecular flexibility index (Phi) is 5.48. The second kappa shape index (κ2) is 7.82.